The van der Waals surface area contributed by atoms with E-state index < -0.39 is 5.97 Å². The highest BCUT2D eigenvalue weighted by atomic mass is 16.4. The molecule has 1 amide bonds. The zero-order valence-electron chi connectivity index (χ0n) is 10.7. The van der Waals surface area contributed by atoms with E-state index in [0.29, 0.717) is 6.54 Å². The second-order valence-corrected chi connectivity index (χ2v) is 4.44. The monoisotopic (exact) mass is 260 g/mol. The van der Waals surface area contributed by atoms with Crippen molar-refractivity contribution >= 4 is 22.8 Å². The zero-order chi connectivity index (χ0) is 13.8. The zero-order valence-corrected chi connectivity index (χ0v) is 10.7. The van der Waals surface area contributed by atoms with E-state index in [1.165, 1.54) is 0 Å². The van der Waals surface area contributed by atoms with Gasteiger partial charge in [0, 0.05) is 29.6 Å². The van der Waals surface area contributed by atoms with E-state index >= 15 is 0 Å². The summed E-state index contributed by atoms with van der Waals surface area (Å²) in [5.41, 5.74) is 3.09. The molecule has 19 heavy (non-hydrogen) atoms. The topological polar surface area (TPSA) is 82.2 Å². The second-order valence-electron chi connectivity index (χ2n) is 4.44. The summed E-state index contributed by atoms with van der Waals surface area (Å²) in [6.07, 6.45) is -0.130. The Morgan fingerprint density at radius 1 is 1.26 bits per heavy atom. The average Bonchev–Trinajstić information content (AvgIpc) is 2.69. The number of carbonyl (C=O) groups excluding carboxylic acids is 1. The van der Waals surface area contributed by atoms with Gasteiger partial charge in [0.05, 0.1) is 6.42 Å². The molecule has 0 saturated carbocycles. The van der Waals surface area contributed by atoms with Gasteiger partial charge in [0.1, 0.15) is 0 Å². The lowest BCUT2D eigenvalue weighted by molar-refractivity contribution is -0.138. The lowest BCUT2D eigenvalue weighted by Gasteiger charge is -2.04. The number of aliphatic carboxylic acids is 1. The summed E-state index contributed by atoms with van der Waals surface area (Å²) in [5.74, 6) is -1.20. The molecule has 0 fully saturated rings. The second kappa shape index (κ2) is 5.56. The first-order valence-corrected chi connectivity index (χ1v) is 6.12. The first-order chi connectivity index (χ1) is 9.08. The van der Waals surface area contributed by atoms with E-state index in [0.717, 1.165) is 22.2 Å². The Bertz CT molecular complexity index is 616. The van der Waals surface area contributed by atoms with Gasteiger partial charge < -0.3 is 15.4 Å². The molecule has 0 aliphatic rings. The molecular formula is C14H16N2O3. The van der Waals surface area contributed by atoms with Gasteiger partial charge >= 0.3 is 5.97 Å². The number of carboxylic acids is 1. The molecule has 100 valence electrons. The van der Waals surface area contributed by atoms with Crippen LogP contribution < -0.4 is 5.32 Å². The molecule has 1 aromatic heterocycles. The van der Waals surface area contributed by atoms with E-state index in [4.69, 9.17) is 5.11 Å². The minimum Gasteiger partial charge on any atom is -0.481 e. The summed E-state index contributed by atoms with van der Waals surface area (Å²) < 4.78 is 0. The third kappa shape index (κ3) is 3.13. The van der Waals surface area contributed by atoms with Gasteiger partial charge in [-0.2, -0.15) is 0 Å². The predicted octanol–water partition coefficient (Wildman–Crippen LogP) is 1.96. The van der Waals surface area contributed by atoms with Crippen LogP contribution in [0.15, 0.2) is 24.3 Å². The first kappa shape index (κ1) is 13.1. The maximum absolute atomic E-state index is 11.5. The molecule has 0 atom stereocenters. The Morgan fingerprint density at radius 2 is 2.00 bits per heavy atom. The van der Waals surface area contributed by atoms with Crippen LogP contribution in [0.5, 0.6) is 0 Å². The molecule has 0 spiro atoms. The first-order valence-electron chi connectivity index (χ1n) is 6.12. The number of hydrogen-bond acceptors (Lipinski definition) is 2. The van der Waals surface area contributed by atoms with Crippen LogP contribution >= 0.6 is 0 Å². The number of amides is 1. The van der Waals surface area contributed by atoms with E-state index in [-0.39, 0.29) is 18.7 Å². The maximum atomic E-state index is 11.5. The molecule has 5 heteroatoms. The van der Waals surface area contributed by atoms with Crippen LogP contribution in [0.4, 0.5) is 0 Å². The van der Waals surface area contributed by atoms with Crippen molar-refractivity contribution in [2.45, 2.75) is 26.3 Å². The van der Waals surface area contributed by atoms with Gasteiger partial charge in [0.25, 0.3) is 0 Å². The number of aryl methyl sites for hydroxylation is 1. The number of nitrogens with one attached hydrogen (secondary N) is 2. The Hall–Kier alpha value is -2.30. The van der Waals surface area contributed by atoms with Crippen molar-refractivity contribution in [3.63, 3.8) is 0 Å². The number of para-hydroxylation sites is 1. The van der Waals surface area contributed by atoms with E-state index in [1.54, 1.807) is 0 Å². The largest absolute Gasteiger partial charge is 0.481 e. The van der Waals surface area contributed by atoms with Gasteiger partial charge in [0.2, 0.25) is 5.91 Å². The van der Waals surface area contributed by atoms with Gasteiger partial charge in [0.15, 0.2) is 0 Å². The summed E-state index contributed by atoms with van der Waals surface area (Å²) in [6, 6.07) is 7.88. The molecule has 3 N–H and O–H groups in total. The number of aromatic nitrogens is 1. The van der Waals surface area contributed by atoms with Gasteiger partial charge in [-0.25, -0.2) is 0 Å². The molecule has 0 aliphatic carbocycles. The molecule has 0 radical (unpaired) electrons. The normalized spacial score (nSPS) is 10.6. The lowest BCUT2D eigenvalue weighted by Crippen LogP contribution is -2.23. The van der Waals surface area contributed by atoms with E-state index in [1.807, 2.05) is 31.2 Å². The van der Waals surface area contributed by atoms with Crippen molar-refractivity contribution in [3.8, 4) is 0 Å². The van der Waals surface area contributed by atoms with Crippen LogP contribution in [0.3, 0.4) is 0 Å². The highest BCUT2D eigenvalue weighted by Crippen LogP contribution is 2.21. The highest BCUT2D eigenvalue weighted by Gasteiger charge is 2.10. The number of carboxylic acid groups (broad SMARTS) is 1. The number of rotatable bonds is 5. The molecule has 5 nitrogen and oxygen atoms in total. The fourth-order valence-corrected chi connectivity index (χ4v) is 2.06. The van der Waals surface area contributed by atoms with Crippen molar-refractivity contribution in [3.05, 3.63) is 35.5 Å². The van der Waals surface area contributed by atoms with E-state index in [2.05, 4.69) is 10.3 Å². The van der Waals surface area contributed by atoms with Crippen LogP contribution in [0.25, 0.3) is 10.9 Å². The molecule has 0 bridgehead atoms. The molecule has 2 rings (SSSR count). The van der Waals surface area contributed by atoms with Crippen LogP contribution in [0.2, 0.25) is 0 Å². The minimum atomic E-state index is -0.960. The molecule has 1 heterocycles. The van der Waals surface area contributed by atoms with Crippen LogP contribution in [0, 0.1) is 6.92 Å². The molecule has 1 aromatic carbocycles. The van der Waals surface area contributed by atoms with Gasteiger partial charge in [-0.15, -0.1) is 0 Å². The lowest BCUT2D eigenvalue weighted by atomic mass is 10.1. The number of hydrogen-bond donors (Lipinski definition) is 3. The molecular weight excluding hydrogens is 244 g/mol. The smallest absolute Gasteiger partial charge is 0.303 e. The average molecular weight is 260 g/mol. The summed E-state index contributed by atoms with van der Waals surface area (Å²) in [7, 11) is 0. The number of H-pyrrole nitrogens is 1. The molecule has 0 unspecified atom stereocenters. The van der Waals surface area contributed by atoms with E-state index in [9.17, 15) is 9.59 Å². The number of fused-ring (bicyclic) bond motifs is 1. The Labute approximate surface area is 110 Å². The van der Waals surface area contributed by atoms with Crippen molar-refractivity contribution in [1.82, 2.24) is 10.3 Å². The summed E-state index contributed by atoms with van der Waals surface area (Å²) in [4.78, 5) is 25.1. The Kier molecular flexibility index (Phi) is 3.85. The molecule has 0 saturated heterocycles. The number of carbonyl (C=O) groups is 2. The van der Waals surface area contributed by atoms with Crippen LogP contribution in [-0.4, -0.2) is 22.0 Å². The summed E-state index contributed by atoms with van der Waals surface area (Å²) in [6.45, 7) is 2.37. The van der Waals surface area contributed by atoms with Crippen molar-refractivity contribution in [2.75, 3.05) is 0 Å². The Balaban J connectivity index is 2.03. The number of benzene rings is 1. The predicted molar refractivity (Wildman–Crippen MR) is 71.8 cm³/mol. The number of aromatic amines is 1. The minimum absolute atomic E-state index is 0.0107. The van der Waals surface area contributed by atoms with Gasteiger partial charge in [-0.3, -0.25) is 9.59 Å². The Morgan fingerprint density at radius 3 is 2.74 bits per heavy atom. The van der Waals surface area contributed by atoms with Crippen LogP contribution in [-0.2, 0) is 16.1 Å². The van der Waals surface area contributed by atoms with Crippen molar-refractivity contribution < 1.29 is 14.7 Å². The quantitative estimate of drug-likeness (QED) is 0.768. The summed E-state index contributed by atoms with van der Waals surface area (Å²) in [5, 5.41) is 12.3. The SMILES string of the molecule is Cc1[nH]c2ccccc2c1CNC(=O)CCC(=O)O. The van der Waals surface area contributed by atoms with Gasteiger partial charge in [-0.05, 0) is 18.6 Å². The van der Waals surface area contributed by atoms with Crippen LogP contribution in [0.1, 0.15) is 24.1 Å². The third-order valence-corrected chi connectivity index (χ3v) is 3.06. The molecule has 0 aliphatic heterocycles. The summed E-state index contributed by atoms with van der Waals surface area (Å²) >= 11 is 0. The van der Waals surface area contributed by atoms with Gasteiger partial charge in [-0.1, -0.05) is 18.2 Å². The highest BCUT2D eigenvalue weighted by molar-refractivity contribution is 5.85. The molecule has 2 aromatic rings. The van der Waals surface area contributed by atoms with Crippen molar-refractivity contribution in [2.24, 2.45) is 0 Å². The standard InChI is InChI=1S/C14H16N2O3/c1-9-11(8-15-13(17)6-7-14(18)19)10-4-2-3-5-12(10)16-9/h2-5,16H,6-8H2,1H3,(H,15,17)(H,18,19). The maximum Gasteiger partial charge on any atom is 0.303 e. The third-order valence-electron chi connectivity index (χ3n) is 3.06. The fourth-order valence-electron chi connectivity index (χ4n) is 2.06. The fraction of sp³-hybridized carbons (Fsp3) is 0.286. The van der Waals surface area contributed by atoms with Crippen molar-refractivity contribution in [1.29, 1.82) is 0 Å².